The number of amides is 1. The quantitative estimate of drug-likeness (QED) is 0.263. The van der Waals surface area contributed by atoms with Crippen molar-refractivity contribution in [3.8, 4) is 5.75 Å². The molecule has 1 aromatic carbocycles. The minimum atomic E-state index is -1.06. The number of hydrogen-bond acceptors (Lipinski definition) is 9. The summed E-state index contributed by atoms with van der Waals surface area (Å²) >= 11 is 0. The van der Waals surface area contributed by atoms with Crippen molar-refractivity contribution >= 4 is 17.8 Å². The number of carbonyl (C=O) groups is 3. The molecule has 216 valence electrons. The molecular formula is C27H30F2N2O9. The maximum absolute atomic E-state index is 14.0. The fourth-order valence-corrected chi connectivity index (χ4v) is 4.76. The zero-order valence-corrected chi connectivity index (χ0v) is 22.1. The lowest BCUT2D eigenvalue weighted by molar-refractivity contribution is -0.0743. The van der Waals surface area contributed by atoms with E-state index in [1.807, 2.05) is 0 Å². The van der Waals surface area contributed by atoms with Gasteiger partial charge in [0.15, 0.2) is 11.5 Å². The van der Waals surface area contributed by atoms with Crippen molar-refractivity contribution in [2.45, 2.75) is 45.4 Å². The summed E-state index contributed by atoms with van der Waals surface area (Å²) < 4.78 is 54.6. The number of Topliss-reactive ketones (excluding diaryl/α,β-unsaturated/α-hetero) is 1. The predicted octanol–water partition coefficient (Wildman–Crippen LogP) is 2.96. The van der Waals surface area contributed by atoms with Crippen LogP contribution in [0.15, 0.2) is 29.2 Å². The second-order valence-electron chi connectivity index (χ2n) is 9.68. The number of halogens is 2. The van der Waals surface area contributed by atoms with Gasteiger partial charge in [-0.3, -0.25) is 14.4 Å². The van der Waals surface area contributed by atoms with Gasteiger partial charge in [-0.05, 0) is 25.8 Å². The fraction of sp³-hybridized carbons (Fsp3) is 0.481. The molecule has 0 bridgehead atoms. The predicted molar refractivity (Wildman–Crippen MR) is 134 cm³/mol. The number of ketones is 1. The van der Waals surface area contributed by atoms with E-state index >= 15 is 0 Å². The number of carbonyl (C=O) groups excluding carboxylic acids is 3. The Kier molecular flexibility index (Phi) is 9.15. The molecule has 0 saturated carbocycles. The molecule has 13 heteroatoms. The monoisotopic (exact) mass is 564 g/mol. The zero-order valence-electron chi connectivity index (χ0n) is 22.1. The summed E-state index contributed by atoms with van der Waals surface area (Å²) in [4.78, 5) is 52.0. The highest BCUT2D eigenvalue weighted by Crippen LogP contribution is 2.42. The Morgan fingerprint density at radius 3 is 2.75 bits per heavy atom. The maximum atomic E-state index is 14.0. The molecule has 0 radical (unpaired) electrons. The number of methoxy groups -OCH3 is 1. The molecule has 1 N–H and O–H groups in total. The number of ether oxygens (including phenoxy) is 5. The van der Waals surface area contributed by atoms with E-state index in [4.69, 9.17) is 23.7 Å². The van der Waals surface area contributed by atoms with E-state index < -0.39 is 64.5 Å². The van der Waals surface area contributed by atoms with Crippen LogP contribution in [0.4, 0.5) is 13.6 Å². The van der Waals surface area contributed by atoms with Crippen molar-refractivity contribution in [1.82, 2.24) is 9.88 Å². The highest BCUT2D eigenvalue weighted by atomic mass is 19.1. The first-order valence-corrected chi connectivity index (χ1v) is 12.7. The molecule has 3 heterocycles. The molecule has 11 nitrogen and oxygen atoms in total. The molecule has 2 atom stereocenters. The normalized spacial score (nSPS) is 19.8. The average molecular weight is 565 g/mol. The van der Waals surface area contributed by atoms with Crippen molar-refractivity contribution in [3.63, 3.8) is 0 Å². The summed E-state index contributed by atoms with van der Waals surface area (Å²) in [5, 5.41) is 2.43. The first kappa shape index (κ1) is 29.2. The average Bonchev–Trinajstić information content (AvgIpc) is 2.92. The number of benzene rings is 1. The lowest BCUT2D eigenvalue weighted by atomic mass is 9.71. The second kappa shape index (κ2) is 12.6. The van der Waals surface area contributed by atoms with E-state index in [9.17, 15) is 28.0 Å². The molecule has 1 fully saturated rings. The van der Waals surface area contributed by atoms with Gasteiger partial charge in [-0.1, -0.05) is 6.07 Å². The van der Waals surface area contributed by atoms with Crippen LogP contribution in [0.3, 0.4) is 0 Å². The topological polar surface area (TPSA) is 131 Å². The van der Waals surface area contributed by atoms with Crippen LogP contribution < -0.4 is 15.5 Å². The fourth-order valence-electron chi connectivity index (χ4n) is 4.76. The molecule has 2 aromatic rings. The van der Waals surface area contributed by atoms with Crippen LogP contribution in [0, 0.1) is 17.0 Å². The van der Waals surface area contributed by atoms with Crippen LogP contribution in [0.5, 0.6) is 5.75 Å². The molecule has 40 heavy (non-hydrogen) atoms. The first-order chi connectivity index (χ1) is 19.2. The number of fused-ring (bicyclic) bond motifs is 2. The standard InChI is InChI=1S/C27H30F2N2O9/c1-27-7-3-9-37-20(27)14-31-13-18(25(34)30-12-16-5-6-17(28)11-19(16)29)22(32)23(21(31)24(27)33)39-15-40-26(35)38-10-4-8-36-2/h5-6,11,13,20H,3-4,7-10,12,14-15H2,1-2H3,(H,30,34)/t20-,27-/m0/s1. The molecule has 1 amide bonds. The van der Waals surface area contributed by atoms with Crippen molar-refractivity contribution in [2.24, 2.45) is 5.41 Å². The van der Waals surface area contributed by atoms with Crippen molar-refractivity contribution < 1.29 is 46.8 Å². The number of pyridine rings is 1. The van der Waals surface area contributed by atoms with Crippen LogP contribution in [-0.4, -0.2) is 62.2 Å². The number of hydrogen-bond donors (Lipinski definition) is 1. The molecule has 2 aliphatic heterocycles. The summed E-state index contributed by atoms with van der Waals surface area (Å²) in [5.41, 5.74) is -2.31. The molecule has 1 saturated heterocycles. The van der Waals surface area contributed by atoms with Gasteiger partial charge in [-0.25, -0.2) is 13.6 Å². The van der Waals surface area contributed by atoms with Gasteiger partial charge < -0.3 is 33.6 Å². The molecule has 0 unspecified atom stereocenters. The van der Waals surface area contributed by atoms with Crippen molar-refractivity contribution in [2.75, 3.05) is 33.7 Å². The lowest BCUT2D eigenvalue weighted by Gasteiger charge is -2.44. The summed E-state index contributed by atoms with van der Waals surface area (Å²) in [6, 6.07) is 2.89. The number of nitrogens with zero attached hydrogens (tertiary/aromatic N) is 1. The zero-order chi connectivity index (χ0) is 28.9. The number of nitrogens with one attached hydrogen (secondary N) is 1. The largest absolute Gasteiger partial charge is 0.511 e. The third-order valence-electron chi connectivity index (χ3n) is 7.00. The maximum Gasteiger partial charge on any atom is 0.511 e. The minimum absolute atomic E-state index is 0.00301. The van der Waals surface area contributed by atoms with Crippen LogP contribution in [0.25, 0.3) is 0 Å². The van der Waals surface area contributed by atoms with Crippen LogP contribution in [0.2, 0.25) is 0 Å². The third kappa shape index (κ3) is 6.15. The van der Waals surface area contributed by atoms with Gasteiger partial charge in [0.1, 0.15) is 22.9 Å². The van der Waals surface area contributed by atoms with Gasteiger partial charge in [0.2, 0.25) is 12.2 Å². The summed E-state index contributed by atoms with van der Waals surface area (Å²) in [5.74, 6) is -3.39. The van der Waals surface area contributed by atoms with E-state index in [0.29, 0.717) is 38.5 Å². The highest BCUT2D eigenvalue weighted by molar-refractivity contribution is 6.03. The van der Waals surface area contributed by atoms with E-state index in [0.717, 1.165) is 6.07 Å². The Morgan fingerprint density at radius 1 is 1.20 bits per heavy atom. The van der Waals surface area contributed by atoms with Gasteiger partial charge in [-0.15, -0.1) is 0 Å². The smallest absolute Gasteiger partial charge is 0.451 e. The van der Waals surface area contributed by atoms with Gasteiger partial charge in [0.05, 0.1) is 24.7 Å². The molecule has 0 spiro atoms. The molecule has 4 rings (SSSR count). The Bertz CT molecular complexity index is 1350. The number of rotatable bonds is 10. The van der Waals surface area contributed by atoms with Crippen LogP contribution in [-0.2, 0) is 32.0 Å². The second-order valence-corrected chi connectivity index (χ2v) is 9.68. The summed E-state index contributed by atoms with van der Waals surface area (Å²) in [6.45, 7) is 1.69. The Morgan fingerprint density at radius 2 is 2.00 bits per heavy atom. The van der Waals surface area contributed by atoms with Crippen LogP contribution >= 0.6 is 0 Å². The Hall–Kier alpha value is -3.84. The van der Waals surface area contributed by atoms with Gasteiger partial charge >= 0.3 is 6.16 Å². The summed E-state index contributed by atoms with van der Waals surface area (Å²) in [6.07, 6.45) is 1.29. The van der Waals surface area contributed by atoms with Crippen molar-refractivity contribution in [1.29, 1.82) is 0 Å². The SMILES string of the molecule is COCCCOC(=O)OCOc1c2n(cc(C(=O)NCc3ccc(F)cc3F)c1=O)C[C@@H]1OCCC[C@]1(C)C2=O. The van der Waals surface area contributed by atoms with E-state index in [2.05, 4.69) is 5.32 Å². The minimum Gasteiger partial charge on any atom is -0.451 e. The Balaban J connectivity index is 1.59. The molecule has 1 aromatic heterocycles. The van der Waals surface area contributed by atoms with Gasteiger partial charge in [-0.2, -0.15) is 0 Å². The van der Waals surface area contributed by atoms with E-state index in [1.165, 1.54) is 23.9 Å². The van der Waals surface area contributed by atoms with E-state index in [1.54, 1.807) is 6.92 Å². The van der Waals surface area contributed by atoms with Gasteiger partial charge in [0, 0.05) is 51.1 Å². The van der Waals surface area contributed by atoms with E-state index in [-0.39, 0.29) is 31.0 Å². The van der Waals surface area contributed by atoms with Crippen molar-refractivity contribution in [3.05, 3.63) is 63.1 Å². The molecule has 2 aliphatic rings. The summed E-state index contributed by atoms with van der Waals surface area (Å²) in [7, 11) is 1.50. The molecule has 0 aliphatic carbocycles. The highest BCUT2D eigenvalue weighted by Gasteiger charge is 2.50. The Labute approximate surface area is 228 Å². The third-order valence-corrected chi connectivity index (χ3v) is 7.00. The first-order valence-electron chi connectivity index (χ1n) is 12.7. The molecular weight excluding hydrogens is 534 g/mol. The lowest BCUT2D eigenvalue weighted by Crippen LogP contribution is -2.52. The number of aromatic nitrogens is 1. The van der Waals surface area contributed by atoms with Gasteiger partial charge in [0.25, 0.3) is 5.91 Å². The van der Waals surface area contributed by atoms with Crippen LogP contribution in [0.1, 0.15) is 52.6 Å².